The molecule has 0 aliphatic rings. The van der Waals surface area contributed by atoms with Gasteiger partial charge in [0.15, 0.2) is 0 Å². The predicted octanol–water partition coefficient (Wildman–Crippen LogP) is 2.01. The Morgan fingerprint density at radius 3 is 3.00 bits per heavy atom. The summed E-state index contributed by atoms with van der Waals surface area (Å²) in [6, 6.07) is 4.10. The first kappa shape index (κ1) is 9.49. The van der Waals surface area contributed by atoms with Gasteiger partial charge in [-0.1, -0.05) is 17.7 Å². The van der Waals surface area contributed by atoms with E-state index in [1.165, 1.54) is 0 Å². The molecule has 0 spiro atoms. The second-order valence-electron chi connectivity index (χ2n) is 2.97. The SMILES string of the molecule is C[C@H](N)CCc1cccnc1Cl. The minimum absolute atomic E-state index is 0.223. The van der Waals surface area contributed by atoms with E-state index in [9.17, 15) is 0 Å². The molecule has 0 aliphatic heterocycles. The zero-order valence-corrected chi connectivity index (χ0v) is 7.88. The lowest BCUT2D eigenvalue weighted by Crippen LogP contribution is -2.15. The maximum absolute atomic E-state index is 5.86. The van der Waals surface area contributed by atoms with Crippen molar-refractivity contribution in [1.29, 1.82) is 0 Å². The van der Waals surface area contributed by atoms with Crippen molar-refractivity contribution in [3.05, 3.63) is 29.0 Å². The van der Waals surface area contributed by atoms with Crippen molar-refractivity contribution in [2.45, 2.75) is 25.8 Å². The van der Waals surface area contributed by atoms with Crippen molar-refractivity contribution >= 4 is 11.6 Å². The van der Waals surface area contributed by atoms with Gasteiger partial charge >= 0.3 is 0 Å². The second kappa shape index (κ2) is 4.43. The Hall–Kier alpha value is -0.600. The number of aryl methyl sites for hydroxylation is 1. The molecule has 0 unspecified atom stereocenters. The Kier molecular flexibility index (Phi) is 3.50. The van der Waals surface area contributed by atoms with Gasteiger partial charge in [0.2, 0.25) is 0 Å². The third kappa shape index (κ3) is 2.80. The van der Waals surface area contributed by atoms with E-state index < -0.39 is 0 Å². The first-order valence-corrected chi connectivity index (χ1v) is 4.43. The molecule has 0 fully saturated rings. The molecule has 2 N–H and O–H groups in total. The average molecular weight is 185 g/mol. The van der Waals surface area contributed by atoms with E-state index in [2.05, 4.69) is 4.98 Å². The van der Waals surface area contributed by atoms with Crippen LogP contribution in [0.3, 0.4) is 0 Å². The molecule has 1 aromatic heterocycles. The summed E-state index contributed by atoms with van der Waals surface area (Å²) < 4.78 is 0. The first-order valence-electron chi connectivity index (χ1n) is 4.05. The van der Waals surface area contributed by atoms with Gasteiger partial charge in [-0.15, -0.1) is 0 Å². The minimum atomic E-state index is 0.223. The summed E-state index contributed by atoms with van der Waals surface area (Å²) in [6.45, 7) is 1.99. The summed E-state index contributed by atoms with van der Waals surface area (Å²) in [7, 11) is 0. The fourth-order valence-corrected chi connectivity index (χ4v) is 1.20. The molecule has 0 bridgehead atoms. The Morgan fingerprint density at radius 1 is 1.67 bits per heavy atom. The topological polar surface area (TPSA) is 38.9 Å². The van der Waals surface area contributed by atoms with Crippen LogP contribution in [0.1, 0.15) is 18.9 Å². The highest BCUT2D eigenvalue weighted by molar-refractivity contribution is 6.30. The Labute approximate surface area is 77.8 Å². The zero-order chi connectivity index (χ0) is 8.97. The molecule has 2 nitrogen and oxygen atoms in total. The van der Waals surface area contributed by atoms with Crippen LogP contribution in [0, 0.1) is 0 Å². The van der Waals surface area contributed by atoms with Gasteiger partial charge in [-0.05, 0) is 31.4 Å². The number of rotatable bonds is 3. The van der Waals surface area contributed by atoms with Gasteiger partial charge in [-0.2, -0.15) is 0 Å². The van der Waals surface area contributed by atoms with Crippen LogP contribution in [0.25, 0.3) is 0 Å². The number of pyridine rings is 1. The molecule has 0 saturated carbocycles. The molecule has 3 heteroatoms. The van der Waals surface area contributed by atoms with Crippen LogP contribution in [0.5, 0.6) is 0 Å². The summed E-state index contributed by atoms with van der Waals surface area (Å²) in [6.07, 6.45) is 3.55. The monoisotopic (exact) mass is 184 g/mol. The molecule has 1 atom stereocenters. The Balaban J connectivity index is 2.57. The number of halogens is 1. The third-order valence-corrected chi connectivity index (χ3v) is 2.05. The number of nitrogens with two attached hydrogens (primary N) is 1. The second-order valence-corrected chi connectivity index (χ2v) is 3.33. The maximum Gasteiger partial charge on any atom is 0.132 e. The normalized spacial score (nSPS) is 12.9. The van der Waals surface area contributed by atoms with Gasteiger partial charge in [-0.25, -0.2) is 4.98 Å². The fourth-order valence-electron chi connectivity index (χ4n) is 0.989. The highest BCUT2D eigenvalue weighted by atomic mass is 35.5. The molecule has 1 aromatic rings. The van der Waals surface area contributed by atoms with E-state index in [1.807, 2.05) is 19.1 Å². The largest absolute Gasteiger partial charge is 0.328 e. The van der Waals surface area contributed by atoms with Gasteiger partial charge in [-0.3, -0.25) is 0 Å². The molecule has 0 saturated heterocycles. The molecule has 1 rings (SSSR count). The smallest absolute Gasteiger partial charge is 0.132 e. The molecule has 12 heavy (non-hydrogen) atoms. The lowest BCUT2D eigenvalue weighted by molar-refractivity contribution is 0.665. The number of hydrogen-bond donors (Lipinski definition) is 1. The molecule has 0 aliphatic carbocycles. The summed E-state index contributed by atoms with van der Waals surface area (Å²) in [4.78, 5) is 3.98. The van der Waals surface area contributed by atoms with Crippen molar-refractivity contribution < 1.29 is 0 Å². The lowest BCUT2D eigenvalue weighted by Gasteiger charge is -2.05. The highest BCUT2D eigenvalue weighted by Gasteiger charge is 2.01. The van der Waals surface area contributed by atoms with E-state index in [0.717, 1.165) is 18.4 Å². The van der Waals surface area contributed by atoms with Crippen molar-refractivity contribution in [2.75, 3.05) is 0 Å². The van der Waals surface area contributed by atoms with E-state index in [0.29, 0.717) is 5.15 Å². The van der Waals surface area contributed by atoms with Crippen LogP contribution in [0.2, 0.25) is 5.15 Å². The van der Waals surface area contributed by atoms with Crippen molar-refractivity contribution in [3.63, 3.8) is 0 Å². The molecular formula is C9H13ClN2. The van der Waals surface area contributed by atoms with Gasteiger partial charge < -0.3 is 5.73 Å². The summed E-state index contributed by atoms with van der Waals surface area (Å²) in [5, 5.41) is 0.596. The van der Waals surface area contributed by atoms with Crippen molar-refractivity contribution in [3.8, 4) is 0 Å². The van der Waals surface area contributed by atoms with Crippen LogP contribution < -0.4 is 5.73 Å². The van der Waals surface area contributed by atoms with Crippen LogP contribution in [-0.2, 0) is 6.42 Å². The van der Waals surface area contributed by atoms with E-state index in [4.69, 9.17) is 17.3 Å². The average Bonchev–Trinajstić information content (AvgIpc) is 2.03. The molecular weight excluding hydrogens is 172 g/mol. The third-order valence-electron chi connectivity index (χ3n) is 1.71. The first-order chi connectivity index (χ1) is 5.70. The predicted molar refractivity (Wildman–Crippen MR) is 51.2 cm³/mol. The maximum atomic E-state index is 5.86. The Morgan fingerprint density at radius 2 is 2.42 bits per heavy atom. The van der Waals surface area contributed by atoms with E-state index in [-0.39, 0.29) is 6.04 Å². The summed E-state index contributed by atoms with van der Waals surface area (Å²) >= 11 is 5.86. The van der Waals surface area contributed by atoms with E-state index in [1.54, 1.807) is 6.20 Å². The lowest BCUT2D eigenvalue weighted by atomic mass is 10.1. The van der Waals surface area contributed by atoms with Gasteiger partial charge in [0.25, 0.3) is 0 Å². The van der Waals surface area contributed by atoms with Crippen molar-refractivity contribution in [2.24, 2.45) is 5.73 Å². The van der Waals surface area contributed by atoms with Crippen LogP contribution in [0.15, 0.2) is 18.3 Å². The van der Waals surface area contributed by atoms with Gasteiger partial charge in [0, 0.05) is 12.2 Å². The molecule has 0 aromatic carbocycles. The molecule has 0 radical (unpaired) electrons. The van der Waals surface area contributed by atoms with Crippen LogP contribution in [0.4, 0.5) is 0 Å². The van der Waals surface area contributed by atoms with E-state index >= 15 is 0 Å². The summed E-state index contributed by atoms with van der Waals surface area (Å²) in [5.74, 6) is 0. The minimum Gasteiger partial charge on any atom is -0.328 e. The molecule has 0 amide bonds. The van der Waals surface area contributed by atoms with Crippen LogP contribution >= 0.6 is 11.6 Å². The molecule has 66 valence electrons. The highest BCUT2D eigenvalue weighted by Crippen LogP contribution is 2.13. The van der Waals surface area contributed by atoms with Gasteiger partial charge in [0.1, 0.15) is 5.15 Å². The van der Waals surface area contributed by atoms with Crippen molar-refractivity contribution in [1.82, 2.24) is 4.98 Å². The number of hydrogen-bond acceptors (Lipinski definition) is 2. The number of aromatic nitrogens is 1. The zero-order valence-electron chi connectivity index (χ0n) is 7.13. The Bertz CT molecular complexity index is 248. The summed E-state index contributed by atoms with van der Waals surface area (Å²) in [5.41, 5.74) is 6.71. The van der Waals surface area contributed by atoms with Gasteiger partial charge in [0.05, 0.1) is 0 Å². The standard InChI is InChI=1S/C9H13ClN2/c1-7(11)4-5-8-3-2-6-12-9(8)10/h2-3,6-7H,4-5,11H2,1H3/t7-/m0/s1. The molecule has 1 heterocycles. The van der Waals surface area contributed by atoms with Crippen LogP contribution in [-0.4, -0.2) is 11.0 Å². The quantitative estimate of drug-likeness (QED) is 0.730. The number of nitrogens with zero attached hydrogens (tertiary/aromatic N) is 1. The fraction of sp³-hybridized carbons (Fsp3) is 0.444.